The third kappa shape index (κ3) is 3.72. The van der Waals surface area contributed by atoms with Crippen LogP contribution in [-0.2, 0) is 11.2 Å². The van der Waals surface area contributed by atoms with Crippen LogP contribution in [0.1, 0.15) is 30.5 Å². The van der Waals surface area contributed by atoms with Gasteiger partial charge in [-0.2, -0.15) is 0 Å². The number of hydrogen-bond acceptors (Lipinski definition) is 3. The monoisotopic (exact) mass is 329 g/mol. The van der Waals surface area contributed by atoms with Gasteiger partial charge < -0.3 is 5.32 Å². The lowest BCUT2D eigenvalue weighted by atomic mass is 10.0. The van der Waals surface area contributed by atoms with E-state index in [-0.39, 0.29) is 18.0 Å². The Morgan fingerprint density at radius 1 is 1.17 bits per heavy atom. The number of anilines is 1. The number of hydrazine groups is 1. The Balaban J connectivity index is 1.64. The average molecular weight is 330 g/mol. The lowest BCUT2D eigenvalue weighted by molar-refractivity contribution is -0.117. The summed E-state index contributed by atoms with van der Waals surface area (Å²) in [6, 6.07) is 15.4. The van der Waals surface area contributed by atoms with Crippen molar-refractivity contribution in [3.8, 4) is 0 Å². The normalized spacial score (nSPS) is 20.4. The van der Waals surface area contributed by atoms with Gasteiger partial charge in [0.2, 0.25) is 5.91 Å². The summed E-state index contributed by atoms with van der Waals surface area (Å²) in [6.07, 6.45) is 1.59. The third-order valence-corrected chi connectivity index (χ3v) is 4.40. The minimum Gasteiger partial charge on any atom is -0.324 e. The van der Waals surface area contributed by atoms with Crippen molar-refractivity contribution in [2.75, 3.05) is 5.32 Å². The van der Waals surface area contributed by atoms with Gasteiger partial charge in [0, 0.05) is 16.8 Å². The maximum Gasteiger partial charge on any atom is 0.242 e. The fourth-order valence-corrected chi connectivity index (χ4v) is 2.94. The van der Waals surface area contributed by atoms with Gasteiger partial charge in [-0.05, 0) is 42.2 Å². The highest BCUT2D eigenvalue weighted by molar-refractivity contribution is 6.30. The van der Waals surface area contributed by atoms with E-state index in [0.29, 0.717) is 11.4 Å². The number of nitrogens with one attached hydrogen (secondary N) is 3. The highest BCUT2D eigenvalue weighted by atomic mass is 35.5. The van der Waals surface area contributed by atoms with Crippen LogP contribution in [0.5, 0.6) is 0 Å². The number of carbonyl (C=O) groups is 1. The van der Waals surface area contributed by atoms with Crippen molar-refractivity contribution in [2.45, 2.75) is 31.8 Å². The van der Waals surface area contributed by atoms with Crippen LogP contribution in [0.2, 0.25) is 5.02 Å². The van der Waals surface area contributed by atoms with Gasteiger partial charge in [0.1, 0.15) is 6.04 Å². The van der Waals surface area contributed by atoms with Gasteiger partial charge in [-0.1, -0.05) is 48.9 Å². The Hall–Kier alpha value is -1.88. The second kappa shape index (κ2) is 7.13. The number of benzene rings is 2. The first-order valence-corrected chi connectivity index (χ1v) is 8.20. The molecule has 4 nitrogen and oxygen atoms in total. The first-order chi connectivity index (χ1) is 11.2. The Labute approximate surface area is 141 Å². The molecule has 0 bridgehead atoms. The Bertz CT molecular complexity index is 687. The number of hydrogen-bond donors (Lipinski definition) is 3. The van der Waals surface area contributed by atoms with Crippen LogP contribution in [0.4, 0.5) is 5.69 Å². The molecular formula is C18H20ClN3O. The predicted octanol–water partition coefficient (Wildman–Crippen LogP) is 3.45. The van der Waals surface area contributed by atoms with Crippen LogP contribution < -0.4 is 16.2 Å². The first-order valence-electron chi connectivity index (χ1n) is 7.82. The van der Waals surface area contributed by atoms with E-state index in [1.807, 2.05) is 48.5 Å². The summed E-state index contributed by atoms with van der Waals surface area (Å²) in [4.78, 5) is 12.5. The topological polar surface area (TPSA) is 53.2 Å². The zero-order chi connectivity index (χ0) is 16.2. The molecular weight excluding hydrogens is 310 g/mol. The summed E-state index contributed by atoms with van der Waals surface area (Å²) in [6.45, 7) is 2.08. The molecule has 5 heteroatoms. The molecule has 1 fully saturated rings. The summed E-state index contributed by atoms with van der Waals surface area (Å²) < 4.78 is 0. The van der Waals surface area contributed by atoms with E-state index in [2.05, 4.69) is 23.1 Å². The number of carbonyl (C=O) groups excluding carboxylic acids is 1. The fourth-order valence-electron chi connectivity index (χ4n) is 2.81. The molecule has 120 valence electrons. The van der Waals surface area contributed by atoms with Crippen molar-refractivity contribution in [1.82, 2.24) is 10.9 Å². The Morgan fingerprint density at radius 2 is 1.91 bits per heavy atom. The molecule has 1 heterocycles. The number of rotatable bonds is 4. The zero-order valence-electron chi connectivity index (χ0n) is 13.0. The van der Waals surface area contributed by atoms with Gasteiger partial charge in [0.15, 0.2) is 0 Å². The number of halogens is 1. The van der Waals surface area contributed by atoms with Gasteiger partial charge in [-0.3, -0.25) is 4.79 Å². The summed E-state index contributed by atoms with van der Waals surface area (Å²) in [7, 11) is 0. The number of para-hydroxylation sites is 1. The molecule has 3 rings (SSSR count). The minimum atomic E-state index is -0.263. The molecule has 1 amide bonds. The minimum absolute atomic E-state index is 0.0186. The molecule has 23 heavy (non-hydrogen) atoms. The van der Waals surface area contributed by atoms with E-state index in [4.69, 9.17) is 11.6 Å². The van der Waals surface area contributed by atoms with Gasteiger partial charge in [0.05, 0.1) is 0 Å². The summed E-state index contributed by atoms with van der Waals surface area (Å²) in [5, 5.41) is 3.74. The van der Waals surface area contributed by atoms with Crippen molar-refractivity contribution in [2.24, 2.45) is 0 Å². The van der Waals surface area contributed by atoms with E-state index in [0.717, 1.165) is 23.2 Å². The van der Waals surface area contributed by atoms with E-state index >= 15 is 0 Å². The van der Waals surface area contributed by atoms with Gasteiger partial charge in [-0.15, -0.1) is 0 Å². The van der Waals surface area contributed by atoms with Gasteiger partial charge in [0.25, 0.3) is 0 Å². The Kier molecular flexibility index (Phi) is 4.96. The van der Waals surface area contributed by atoms with Gasteiger partial charge >= 0.3 is 0 Å². The van der Waals surface area contributed by atoms with E-state index in [1.165, 1.54) is 0 Å². The lowest BCUT2D eigenvalue weighted by Gasteiger charge is -2.13. The molecule has 2 atom stereocenters. The molecule has 2 aromatic carbocycles. The molecule has 1 saturated heterocycles. The Morgan fingerprint density at radius 3 is 2.65 bits per heavy atom. The SMILES string of the molecule is CCc1ccccc1NC(=O)C1CC(c2ccc(Cl)cc2)NN1. The zero-order valence-corrected chi connectivity index (χ0v) is 13.7. The highest BCUT2D eigenvalue weighted by Gasteiger charge is 2.30. The predicted molar refractivity (Wildman–Crippen MR) is 93.3 cm³/mol. The van der Waals surface area contributed by atoms with E-state index < -0.39 is 0 Å². The molecule has 0 spiro atoms. The highest BCUT2D eigenvalue weighted by Crippen LogP contribution is 2.24. The van der Waals surface area contributed by atoms with Crippen molar-refractivity contribution < 1.29 is 4.79 Å². The molecule has 1 aliphatic rings. The van der Waals surface area contributed by atoms with Crippen molar-refractivity contribution in [3.05, 3.63) is 64.7 Å². The molecule has 2 unspecified atom stereocenters. The number of aryl methyl sites for hydroxylation is 1. The van der Waals surface area contributed by atoms with Crippen LogP contribution in [0, 0.1) is 0 Å². The maximum absolute atomic E-state index is 12.5. The number of amides is 1. The smallest absolute Gasteiger partial charge is 0.242 e. The third-order valence-electron chi connectivity index (χ3n) is 4.15. The lowest BCUT2D eigenvalue weighted by Crippen LogP contribution is -2.39. The first kappa shape index (κ1) is 16.0. The maximum atomic E-state index is 12.5. The molecule has 0 radical (unpaired) electrons. The average Bonchev–Trinajstić information content (AvgIpc) is 3.06. The summed E-state index contributed by atoms with van der Waals surface area (Å²) in [5.74, 6) is -0.0186. The van der Waals surface area contributed by atoms with Crippen LogP contribution in [-0.4, -0.2) is 11.9 Å². The van der Waals surface area contributed by atoms with Crippen LogP contribution in [0.3, 0.4) is 0 Å². The standard InChI is InChI=1S/C18H20ClN3O/c1-2-12-5-3-4-6-15(12)20-18(23)17-11-16(21-22-17)13-7-9-14(19)10-8-13/h3-10,16-17,21-22H,2,11H2,1H3,(H,20,23). The van der Waals surface area contributed by atoms with Crippen LogP contribution in [0.15, 0.2) is 48.5 Å². The summed E-state index contributed by atoms with van der Waals surface area (Å²) in [5.41, 5.74) is 9.41. The van der Waals surface area contributed by atoms with Gasteiger partial charge in [-0.25, -0.2) is 10.9 Å². The van der Waals surface area contributed by atoms with E-state index in [9.17, 15) is 4.79 Å². The molecule has 0 saturated carbocycles. The summed E-state index contributed by atoms with van der Waals surface area (Å²) >= 11 is 5.92. The second-order valence-corrected chi connectivity index (χ2v) is 6.12. The van der Waals surface area contributed by atoms with Crippen molar-refractivity contribution in [1.29, 1.82) is 0 Å². The quantitative estimate of drug-likeness (QED) is 0.805. The van der Waals surface area contributed by atoms with Crippen molar-refractivity contribution in [3.63, 3.8) is 0 Å². The largest absolute Gasteiger partial charge is 0.324 e. The molecule has 0 aromatic heterocycles. The molecule has 2 aromatic rings. The van der Waals surface area contributed by atoms with Crippen molar-refractivity contribution >= 4 is 23.2 Å². The molecule has 0 aliphatic carbocycles. The second-order valence-electron chi connectivity index (χ2n) is 5.68. The van der Waals surface area contributed by atoms with Crippen LogP contribution in [0.25, 0.3) is 0 Å². The molecule has 1 aliphatic heterocycles. The van der Waals surface area contributed by atoms with E-state index in [1.54, 1.807) is 0 Å². The molecule has 3 N–H and O–H groups in total. The van der Waals surface area contributed by atoms with Crippen LogP contribution >= 0.6 is 11.6 Å². The fraction of sp³-hybridized carbons (Fsp3) is 0.278.